The molecule has 0 spiro atoms. The molecule has 1 unspecified atom stereocenters. The molecule has 0 aliphatic heterocycles. The highest BCUT2D eigenvalue weighted by atomic mass is 16.6. The second-order valence-electron chi connectivity index (χ2n) is 7.11. The highest BCUT2D eigenvalue weighted by molar-refractivity contribution is 5.99. The van der Waals surface area contributed by atoms with Gasteiger partial charge in [0.05, 0.1) is 0 Å². The molecule has 0 radical (unpaired) electrons. The number of hydrogen-bond donors (Lipinski definition) is 3. The third kappa shape index (κ3) is 9.03. The molecule has 0 saturated heterocycles. The first kappa shape index (κ1) is 23.4. The van der Waals surface area contributed by atoms with Gasteiger partial charge < -0.3 is 20.9 Å². The number of nitriles is 1. The number of rotatable bonds is 8. The van der Waals surface area contributed by atoms with Gasteiger partial charge in [0.2, 0.25) is 0 Å². The van der Waals surface area contributed by atoms with Crippen molar-refractivity contribution in [2.75, 3.05) is 13.1 Å². The number of aliphatic carboxylic acids is 1. The zero-order chi connectivity index (χ0) is 20.5. The first-order valence-corrected chi connectivity index (χ1v) is 8.26. The molecule has 9 heteroatoms. The molecule has 1 atom stereocenters. The first-order valence-electron chi connectivity index (χ1n) is 8.26. The van der Waals surface area contributed by atoms with Gasteiger partial charge in [-0.15, -0.1) is 0 Å². The summed E-state index contributed by atoms with van der Waals surface area (Å²) in [7, 11) is 0. The van der Waals surface area contributed by atoms with Crippen LogP contribution in [0.1, 0.15) is 41.0 Å². The molecule has 0 aliphatic carbocycles. The minimum Gasteiger partial charge on any atom is -0.480 e. The molecule has 26 heavy (non-hydrogen) atoms. The fourth-order valence-corrected chi connectivity index (χ4v) is 1.89. The van der Waals surface area contributed by atoms with Crippen LogP contribution in [0.2, 0.25) is 0 Å². The number of carbonyl (C=O) groups is 3. The lowest BCUT2D eigenvalue weighted by Crippen LogP contribution is -2.43. The third-order valence-corrected chi connectivity index (χ3v) is 2.96. The number of nitrogens with zero attached hydrogens (tertiary/aromatic N) is 2. The van der Waals surface area contributed by atoms with E-state index >= 15 is 0 Å². The van der Waals surface area contributed by atoms with Crippen LogP contribution in [-0.4, -0.2) is 52.7 Å². The highest BCUT2D eigenvalue weighted by Crippen LogP contribution is 2.11. The lowest BCUT2D eigenvalue weighted by molar-refractivity contribution is -0.141. The summed E-state index contributed by atoms with van der Waals surface area (Å²) in [4.78, 5) is 36.7. The van der Waals surface area contributed by atoms with E-state index in [-0.39, 0.29) is 25.4 Å². The summed E-state index contributed by atoms with van der Waals surface area (Å²) < 4.78 is 5.20. The maximum absolute atomic E-state index is 12.2. The van der Waals surface area contributed by atoms with E-state index in [1.807, 2.05) is 13.8 Å². The summed E-state index contributed by atoms with van der Waals surface area (Å²) in [6.07, 6.45) is 0.462. The minimum atomic E-state index is -1.20. The van der Waals surface area contributed by atoms with Crippen LogP contribution in [0.3, 0.4) is 0 Å². The molecule has 0 aromatic carbocycles. The van der Waals surface area contributed by atoms with Crippen molar-refractivity contribution in [1.82, 2.24) is 10.2 Å². The highest BCUT2D eigenvalue weighted by Gasteiger charge is 2.25. The SMILES string of the molecule is CC(C)CC(NC(=O)/C(C#N)=C\N(CCN)C(=O)OC(C)(C)C)C(=O)O. The van der Waals surface area contributed by atoms with E-state index in [9.17, 15) is 24.8 Å². The minimum absolute atomic E-state index is 0.0291. The van der Waals surface area contributed by atoms with Crippen LogP contribution >= 0.6 is 0 Å². The molecule has 0 aromatic rings. The van der Waals surface area contributed by atoms with Crippen LogP contribution in [0.4, 0.5) is 4.79 Å². The number of nitrogens with one attached hydrogen (secondary N) is 1. The van der Waals surface area contributed by atoms with E-state index in [0.29, 0.717) is 0 Å². The smallest absolute Gasteiger partial charge is 0.414 e. The lowest BCUT2D eigenvalue weighted by Gasteiger charge is -2.25. The Morgan fingerprint density at radius 2 is 1.92 bits per heavy atom. The van der Waals surface area contributed by atoms with E-state index in [4.69, 9.17) is 10.5 Å². The zero-order valence-electron chi connectivity index (χ0n) is 15.9. The van der Waals surface area contributed by atoms with Crippen LogP contribution in [0, 0.1) is 17.2 Å². The summed E-state index contributed by atoms with van der Waals surface area (Å²) in [6.45, 7) is 8.77. The molecule has 0 saturated carbocycles. The Morgan fingerprint density at radius 1 is 1.35 bits per heavy atom. The number of hydrogen-bond acceptors (Lipinski definition) is 6. The molecule has 0 aliphatic rings. The number of nitrogens with two attached hydrogens (primary N) is 1. The summed E-state index contributed by atoms with van der Waals surface area (Å²) in [5.41, 5.74) is 4.28. The second-order valence-corrected chi connectivity index (χ2v) is 7.11. The summed E-state index contributed by atoms with van der Waals surface area (Å²) in [5, 5.41) is 20.7. The van der Waals surface area contributed by atoms with E-state index in [0.717, 1.165) is 11.1 Å². The molecular formula is C17H28N4O5. The van der Waals surface area contributed by atoms with Crippen molar-refractivity contribution in [1.29, 1.82) is 5.26 Å². The molecule has 4 N–H and O–H groups in total. The number of ether oxygens (including phenoxy) is 1. The van der Waals surface area contributed by atoms with Gasteiger partial charge >= 0.3 is 12.1 Å². The van der Waals surface area contributed by atoms with Gasteiger partial charge in [-0.2, -0.15) is 5.26 Å². The topological polar surface area (TPSA) is 146 Å². The fourth-order valence-electron chi connectivity index (χ4n) is 1.89. The van der Waals surface area contributed by atoms with Crippen molar-refractivity contribution >= 4 is 18.0 Å². The van der Waals surface area contributed by atoms with Gasteiger partial charge in [-0.05, 0) is 33.1 Å². The average molecular weight is 368 g/mol. The Kier molecular flexibility index (Phi) is 9.36. The van der Waals surface area contributed by atoms with Gasteiger partial charge in [0.1, 0.15) is 23.3 Å². The molecular weight excluding hydrogens is 340 g/mol. The van der Waals surface area contributed by atoms with Gasteiger partial charge in [-0.1, -0.05) is 13.8 Å². The number of amides is 2. The van der Waals surface area contributed by atoms with E-state index in [1.54, 1.807) is 26.8 Å². The van der Waals surface area contributed by atoms with E-state index in [1.165, 1.54) is 0 Å². The van der Waals surface area contributed by atoms with Crippen LogP contribution < -0.4 is 11.1 Å². The van der Waals surface area contributed by atoms with Crippen molar-refractivity contribution in [2.24, 2.45) is 11.7 Å². The van der Waals surface area contributed by atoms with Gasteiger partial charge in [-0.25, -0.2) is 9.59 Å². The largest absolute Gasteiger partial charge is 0.480 e. The molecule has 0 fully saturated rings. The predicted octanol–water partition coefficient (Wildman–Crippen LogP) is 1.21. The van der Waals surface area contributed by atoms with Crippen LogP contribution in [0.25, 0.3) is 0 Å². The van der Waals surface area contributed by atoms with Crippen LogP contribution in [-0.2, 0) is 14.3 Å². The maximum Gasteiger partial charge on any atom is 0.414 e. The van der Waals surface area contributed by atoms with Crippen molar-refractivity contribution in [2.45, 2.75) is 52.7 Å². The molecule has 0 bridgehead atoms. The third-order valence-electron chi connectivity index (χ3n) is 2.96. The van der Waals surface area contributed by atoms with Gasteiger partial charge in [-0.3, -0.25) is 9.69 Å². The average Bonchev–Trinajstić information content (AvgIpc) is 2.48. The Morgan fingerprint density at radius 3 is 2.31 bits per heavy atom. The zero-order valence-corrected chi connectivity index (χ0v) is 15.9. The van der Waals surface area contributed by atoms with E-state index in [2.05, 4.69) is 5.32 Å². The van der Waals surface area contributed by atoms with Crippen molar-refractivity contribution < 1.29 is 24.2 Å². The summed E-state index contributed by atoms with van der Waals surface area (Å²) in [5.74, 6) is -2.05. The van der Waals surface area contributed by atoms with Crippen LogP contribution in [0.15, 0.2) is 11.8 Å². The monoisotopic (exact) mass is 368 g/mol. The van der Waals surface area contributed by atoms with Crippen molar-refractivity contribution in [3.8, 4) is 6.07 Å². The molecule has 0 rings (SSSR count). The molecule has 146 valence electrons. The number of carboxylic acids is 1. The van der Waals surface area contributed by atoms with Gasteiger partial charge in [0.25, 0.3) is 5.91 Å². The Hall–Kier alpha value is -2.60. The predicted molar refractivity (Wildman–Crippen MR) is 94.7 cm³/mol. The van der Waals surface area contributed by atoms with Crippen molar-refractivity contribution in [3.63, 3.8) is 0 Å². The summed E-state index contributed by atoms with van der Waals surface area (Å²) in [6, 6.07) is 0.536. The van der Waals surface area contributed by atoms with Crippen molar-refractivity contribution in [3.05, 3.63) is 11.8 Å². The maximum atomic E-state index is 12.2. The first-order chi connectivity index (χ1) is 11.9. The Labute approximate surface area is 153 Å². The molecule has 2 amide bonds. The summed E-state index contributed by atoms with van der Waals surface area (Å²) >= 11 is 0. The molecule has 0 aromatic heterocycles. The molecule has 9 nitrogen and oxygen atoms in total. The Balaban J connectivity index is 5.40. The number of carbonyl (C=O) groups excluding carboxylic acids is 2. The fraction of sp³-hybridized carbons (Fsp3) is 0.647. The second kappa shape index (κ2) is 10.4. The standard InChI is InChI=1S/C17H28N4O5/c1-11(2)8-13(15(23)24)20-14(22)12(9-19)10-21(7-6-18)16(25)26-17(3,4)5/h10-11,13H,6-8,18H2,1-5H3,(H,20,22)(H,23,24)/b12-10-. The number of carboxylic acid groups (broad SMARTS) is 1. The van der Waals surface area contributed by atoms with Gasteiger partial charge in [0.15, 0.2) is 0 Å². The van der Waals surface area contributed by atoms with Gasteiger partial charge in [0, 0.05) is 19.3 Å². The normalized spacial score (nSPS) is 12.9. The van der Waals surface area contributed by atoms with Crippen LogP contribution in [0.5, 0.6) is 0 Å². The van der Waals surface area contributed by atoms with E-state index < -0.39 is 35.2 Å². The molecule has 0 heterocycles. The lowest BCUT2D eigenvalue weighted by atomic mass is 10.0. The quantitative estimate of drug-likeness (QED) is 0.431. The Bertz CT molecular complexity index is 587.